The van der Waals surface area contributed by atoms with Gasteiger partial charge in [-0.2, -0.15) is 0 Å². The van der Waals surface area contributed by atoms with Gasteiger partial charge in [0.15, 0.2) is 9.84 Å². The van der Waals surface area contributed by atoms with Gasteiger partial charge in [0.25, 0.3) is 0 Å². The molecule has 2 aromatic carbocycles. The van der Waals surface area contributed by atoms with Crippen LogP contribution >= 0.6 is 11.8 Å². The van der Waals surface area contributed by atoms with Crippen LogP contribution in [0.5, 0.6) is 0 Å². The maximum Gasteiger partial charge on any atom is 0.227 e. The highest BCUT2D eigenvalue weighted by Gasteiger charge is 2.21. The summed E-state index contributed by atoms with van der Waals surface area (Å²) in [5, 5.41) is 2.74. The maximum absolute atomic E-state index is 12.7. The highest BCUT2D eigenvalue weighted by molar-refractivity contribution is 7.99. The fourth-order valence-electron chi connectivity index (χ4n) is 2.81. The van der Waals surface area contributed by atoms with Crippen molar-refractivity contribution < 1.29 is 18.0 Å². The molecule has 0 saturated carbocycles. The molecule has 1 N–H and O–H groups in total. The standard InChI is InChI=1S/C20H22N2O4S2/c1-14-3-5-15(6-4-14)22(2)20(24)10-12-28(25,26)16-7-8-18-17(13-16)21-19(23)9-11-27-18/h3-8,13H,9-12H2,1-2H3,(H,21,23). The van der Waals surface area contributed by atoms with E-state index in [4.69, 9.17) is 0 Å². The van der Waals surface area contributed by atoms with Crippen LogP contribution in [0.15, 0.2) is 52.3 Å². The Morgan fingerprint density at radius 3 is 2.61 bits per heavy atom. The van der Waals surface area contributed by atoms with Gasteiger partial charge >= 0.3 is 0 Å². The highest BCUT2D eigenvalue weighted by Crippen LogP contribution is 2.33. The summed E-state index contributed by atoms with van der Waals surface area (Å²) in [4.78, 5) is 26.6. The third-order valence-electron chi connectivity index (χ3n) is 4.55. The van der Waals surface area contributed by atoms with Crippen LogP contribution in [0.25, 0.3) is 0 Å². The molecule has 1 heterocycles. The lowest BCUT2D eigenvalue weighted by Gasteiger charge is -2.17. The van der Waals surface area contributed by atoms with E-state index in [1.54, 1.807) is 13.1 Å². The molecule has 0 atom stereocenters. The van der Waals surface area contributed by atoms with Gasteiger partial charge in [0, 0.05) is 36.2 Å². The highest BCUT2D eigenvalue weighted by atomic mass is 32.2. The molecule has 0 bridgehead atoms. The van der Waals surface area contributed by atoms with Crippen molar-refractivity contribution in [2.45, 2.75) is 29.6 Å². The van der Waals surface area contributed by atoms with Crippen LogP contribution in [0.4, 0.5) is 11.4 Å². The van der Waals surface area contributed by atoms with Gasteiger partial charge < -0.3 is 10.2 Å². The second-order valence-electron chi connectivity index (χ2n) is 6.66. The van der Waals surface area contributed by atoms with Crippen LogP contribution in [0.1, 0.15) is 18.4 Å². The van der Waals surface area contributed by atoms with Crippen molar-refractivity contribution in [3.8, 4) is 0 Å². The molecule has 0 radical (unpaired) electrons. The minimum atomic E-state index is -3.65. The van der Waals surface area contributed by atoms with Gasteiger partial charge in [0.05, 0.1) is 16.3 Å². The Morgan fingerprint density at radius 2 is 1.89 bits per heavy atom. The minimum Gasteiger partial charge on any atom is -0.325 e. The van der Waals surface area contributed by atoms with Crippen molar-refractivity contribution >= 4 is 44.8 Å². The fraction of sp³-hybridized carbons (Fsp3) is 0.300. The largest absolute Gasteiger partial charge is 0.325 e. The lowest BCUT2D eigenvalue weighted by atomic mass is 10.2. The molecule has 0 unspecified atom stereocenters. The molecule has 2 aromatic rings. The first-order chi connectivity index (χ1) is 13.3. The summed E-state index contributed by atoms with van der Waals surface area (Å²) in [7, 11) is -2.01. The van der Waals surface area contributed by atoms with Crippen molar-refractivity contribution in [2.24, 2.45) is 0 Å². The summed E-state index contributed by atoms with van der Waals surface area (Å²) < 4.78 is 25.4. The van der Waals surface area contributed by atoms with Gasteiger partial charge in [0.2, 0.25) is 11.8 Å². The first-order valence-electron chi connectivity index (χ1n) is 8.89. The fourth-order valence-corrected chi connectivity index (χ4v) is 5.00. The number of rotatable bonds is 5. The summed E-state index contributed by atoms with van der Waals surface area (Å²) >= 11 is 1.51. The van der Waals surface area contributed by atoms with E-state index >= 15 is 0 Å². The number of nitrogens with one attached hydrogen (secondary N) is 1. The van der Waals surface area contributed by atoms with Gasteiger partial charge in [0.1, 0.15) is 0 Å². The third kappa shape index (κ3) is 4.74. The predicted molar refractivity (Wildman–Crippen MR) is 112 cm³/mol. The van der Waals surface area contributed by atoms with Crippen LogP contribution in [0.2, 0.25) is 0 Å². The van der Waals surface area contributed by atoms with E-state index in [0.29, 0.717) is 17.9 Å². The average molecular weight is 419 g/mol. The number of aryl methyl sites for hydroxylation is 1. The van der Waals surface area contributed by atoms with Crippen LogP contribution < -0.4 is 10.2 Å². The SMILES string of the molecule is Cc1ccc(N(C)C(=O)CCS(=O)(=O)c2ccc3c(c2)NC(=O)CCS3)cc1. The van der Waals surface area contributed by atoms with E-state index in [0.717, 1.165) is 16.1 Å². The molecule has 0 aliphatic carbocycles. The lowest BCUT2D eigenvalue weighted by Crippen LogP contribution is -2.28. The van der Waals surface area contributed by atoms with Crippen molar-refractivity contribution in [2.75, 3.05) is 28.8 Å². The number of nitrogens with zero attached hydrogens (tertiary/aromatic N) is 1. The summed E-state index contributed by atoms with van der Waals surface area (Å²) in [6.07, 6.45) is 0.270. The first kappa shape index (κ1) is 20.4. The normalized spacial score (nSPS) is 14.0. The molecule has 0 spiro atoms. The Bertz CT molecular complexity index is 1000. The lowest BCUT2D eigenvalue weighted by molar-refractivity contribution is -0.118. The number of carbonyl (C=O) groups excluding carboxylic acids is 2. The monoisotopic (exact) mass is 418 g/mol. The van der Waals surface area contributed by atoms with Crippen LogP contribution in [0.3, 0.4) is 0 Å². The first-order valence-corrected chi connectivity index (χ1v) is 11.5. The summed E-state index contributed by atoms with van der Waals surface area (Å²) in [6.45, 7) is 1.96. The molecule has 6 nitrogen and oxygen atoms in total. The number of benzene rings is 2. The molecule has 0 saturated heterocycles. The van der Waals surface area contributed by atoms with Gasteiger partial charge in [-0.15, -0.1) is 11.8 Å². The number of carbonyl (C=O) groups is 2. The molecule has 0 aromatic heterocycles. The van der Waals surface area contributed by atoms with Crippen molar-refractivity contribution in [1.82, 2.24) is 0 Å². The van der Waals surface area contributed by atoms with Crippen molar-refractivity contribution in [1.29, 1.82) is 0 Å². The molecule has 1 aliphatic rings. The molecular formula is C20H22N2O4S2. The van der Waals surface area contributed by atoms with Crippen molar-refractivity contribution in [3.63, 3.8) is 0 Å². The number of amides is 2. The Kier molecular flexibility index (Phi) is 6.10. The van der Waals surface area contributed by atoms with Crippen LogP contribution in [-0.4, -0.2) is 38.8 Å². The second kappa shape index (κ2) is 8.36. The van der Waals surface area contributed by atoms with Gasteiger partial charge in [-0.25, -0.2) is 8.42 Å². The number of fused-ring (bicyclic) bond motifs is 1. The third-order valence-corrected chi connectivity index (χ3v) is 7.34. The molecule has 1 aliphatic heterocycles. The zero-order chi connectivity index (χ0) is 20.3. The van der Waals surface area contributed by atoms with E-state index in [2.05, 4.69) is 5.32 Å². The topological polar surface area (TPSA) is 83.6 Å². The zero-order valence-corrected chi connectivity index (χ0v) is 17.4. The number of thioether (sulfide) groups is 1. The minimum absolute atomic E-state index is 0.111. The summed E-state index contributed by atoms with van der Waals surface area (Å²) in [5.41, 5.74) is 2.31. The summed E-state index contributed by atoms with van der Waals surface area (Å²) in [6, 6.07) is 12.2. The Morgan fingerprint density at radius 1 is 1.18 bits per heavy atom. The van der Waals surface area contributed by atoms with E-state index in [-0.39, 0.29) is 28.9 Å². The molecular weight excluding hydrogens is 396 g/mol. The zero-order valence-electron chi connectivity index (χ0n) is 15.8. The van der Waals surface area contributed by atoms with Crippen molar-refractivity contribution in [3.05, 3.63) is 48.0 Å². The number of hydrogen-bond acceptors (Lipinski definition) is 5. The van der Waals surface area contributed by atoms with Gasteiger partial charge in [-0.3, -0.25) is 9.59 Å². The number of anilines is 2. The maximum atomic E-state index is 12.7. The summed E-state index contributed by atoms with van der Waals surface area (Å²) in [5.74, 6) is -0.0334. The second-order valence-corrected chi connectivity index (χ2v) is 9.91. The average Bonchev–Trinajstić information content (AvgIpc) is 2.86. The predicted octanol–water partition coefficient (Wildman–Crippen LogP) is 3.26. The Labute approximate surface area is 169 Å². The van der Waals surface area contributed by atoms with E-state index in [1.807, 2.05) is 31.2 Å². The van der Waals surface area contributed by atoms with E-state index in [1.165, 1.54) is 28.8 Å². The number of sulfone groups is 1. The smallest absolute Gasteiger partial charge is 0.227 e. The van der Waals surface area contributed by atoms with E-state index in [9.17, 15) is 18.0 Å². The quantitative estimate of drug-likeness (QED) is 0.806. The van der Waals surface area contributed by atoms with E-state index < -0.39 is 9.84 Å². The molecule has 8 heteroatoms. The molecule has 2 amide bonds. The van der Waals surface area contributed by atoms with Gasteiger partial charge in [-0.05, 0) is 37.3 Å². The number of hydrogen-bond donors (Lipinski definition) is 1. The van der Waals surface area contributed by atoms with Gasteiger partial charge in [-0.1, -0.05) is 17.7 Å². The van der Waals surface area contributed by atoms with Crippen LogP contribution in [0, 0.1) is 6.92 Å². The molecule has 28 heavy (non-hydrogen) atoms. The molecule has 3 rings (SSSR count). The Balaban J connectivity index is 1.70. The Hall–Kier alpha value is -2.32. The molecule has 148 valence electrons. The van der Waals surface area contributed by atoms with Crippen LogP contribution in [-0.2, 0) is 19.4 Å². The molecule has 0 fully saturated rings.